The molecule has 0 fully saturated rings. The van der Waals surface area contributed by atoms with E-state index in [0.717, 1.165) is 11.4 Å². The number of anilines is 3. The molecule has 1 aliphatic carbocycles. The van der Waals surface area contributed by atoms with Gasteiger partial charge in [-0.05, 0) is 93.7 Å². The summed E-state index contributed by atoms with van der Waals surface area (Å²) >= 11 is 0. The van der Waals surface area contributed by atoms with Crippen LogP contribution in [0.1, 0.15) is 25.0 Å². The van der Waals surface area contributed by atoms with Crippen LogP contribution in [-0.4, -0.2) is 4.57 Å². The van der Waals surface area contributed by atoms with E-state index in [0.29, 0.717) is 0 Å². The standard InChI is InChI=1S/C43H32N2/c1-43(2)39-27-33(44(31-14-4-3-5-15-31)32-21-20-29-12-6-7-13-30(29)26-32)22-24-35(39)36-25-23-34(28-40(36)43)45-41-18-10-8-16-37(41)38-17-9-11-19-42(38)45/h3-28H,1-2H3. The fourth-order valence-electron chi connectivity index (χ4n) is 7.53. The van der Waals surface area contributed by atoms with Gasteiger partial charge < -0.3 is 9.47 Å². The average molecular weight is 577 g/mol. The van der Waals surface area contributed by atoms with Crippen molar-refractivity contribution in [3.8, 4) is 16.8 Å². The Morgan fingerprint density at radius 2 is 1.00 bits per heavy atom. The molecule has 0 atom stereocenters. The molecule has 0 saturated heterocycles. The lowest BCUT2D eigenvalue weighted by Crippen LogP contribution is -2.17. The van der Waals surface area contributed by atoms with E-state index in [4.69, 9.17) is 0 Å². The maximum atomic E-state index is 2.42. The highest BCUT2D eigenvalue weighted by atomic mass is 15.1. The number of aromatic nitrogens is 1. The van der Waals surface area contributed by atoms with E-state index in [-0.39, 0.29) is 5.41 Å². The van der Waals surface area contributed by atoms with Gasteiger partial charge in [0.05, 0.1) is 11.0 Å². The first-order valence-electron chi connectivity index (χ1n) is 15.7. The van der Waals surface area contributed by atoms with Crippen LogP contribution in [-0.2, 0) is 5.41 Å². The molecule has 8 aromatic rings. The highest BCUT2D eigenvalue weighted by molar-refractivity contribution is 6.09. The zero-order valence-electron chi connectivity index (χ0n) is 25.4. The Balaban J connectivity index is 1.19. The molecule has 7 aromatic carbocycles. The summed E-state index contributed by atoms with van der Waals surface area (Å²) < 4.78 is 2.42. The molecule has 0 N–H and O–H groups in total. The largest absolute Gasteiger partial charge is 0.310 e. The molecule has 0 aliphatic heterocycles. The van der Waals surface area contributed by atoms with Crippen molar-refractivity contribution in [3.05, 3.63) is 169 Å². The lowest BCUT2D eigenvalue weighted by Gasteiger charge is -2.28. The van der Waals surface area contributed by atoms with Gasteiger partial charge in [0, 0.05) is 38.9 Å². The highest BCUT2D eigenvalue weighted by Crippen LogP contribution is 2.51. The van der Waals surface area contributed by atoms with Crippen LogP contribution in [0.15, 0.2) is 158 Å². The summed E-state index contributed by atoms with van der Waals surface area (Å²) in [5.41, 5.74) is 12.3. The predicted octanol–water partition coefficient (Wildman–Crippen LogP) is 11.7. The van der Waals surface area contributed by atoms with Gasteiger partial charge in [-0.1, -0.05) is 111 Å². The number of nitrogens with zero attached hydrogens (tertiary/aromatic N) is 2. The van der Waals surface area contributed by atoms with E-state index in [2.05, 4.69) is 181 Å². The van der Waals surface area contributed by atoms with Gasteiger partial charge in [-0.25, -0.2) is 0 Å². The lowest BCUT2D eigenvalue weighted by atomic mass is 9.82. The van der Waals surface area contributed by atoms with Crippen LogP contribution in [0, 0.1) is 0 Å². The Labute approximate surface area is 263 Å². The van der Waals surface area contributed by atoms with E-state index < -0.39 is 0 Å². The van der Waals surface area contributed by atoms with Crippen LogP contribution < -0.4 is 4.90 Å². The molecule has 1 heterocycles. The normalized spacial score (nSPS) is 13.3. The number of rotatable bonds is 4. The van der Waals surface area contributed by atoms with Gasteiger partial charge in [0.2, 0.25) is 0 Å². The number of hydrogen-bond donors (Lipinski definition) is 0. The number of benzene rings is 7. The van der Waals surface area contributed by atoms with Crippen molar-refractivity contribution in [1.29, 1.82) is 0 Å². The fourth-order valence-corrected chi connectivity index (χ4v) is 7.53. The zero-order chi connectivity index (χ0) is 30.1. The molecular formula is C43H32N2. The Hall–Kier alpha value is -5.60. The second-order valence-electron chi connectivity index (χ2n) is 12.7. The molecule has 0 unspecified atom stereocenters. The molecule has 2 heteroatoms. The molecule has 0 saturated carbocycles. The quantitative estimate of drug-likeness (QED) is 0.202. The van der Waals surface area contributed by atoms with Gasteiger partial charge in [0.1, 0.15) is 0 Å². The monoisotopic (exact) mass is 576 g/mol. The van der Waals surface area contributed by atoms with Gasteiger partial charge in [-0.15, -0.1) is 0 Å². The molecule has 0 spiro atoms. The van der Waals surface area contributed by atoms with Crippen LogP contribution in [0.5, 0.6) is 0 Å². The van der Waals surface area contributed by atoms with Crippen molar-refractivity contribution in [2.24, 2.45) is 0 Å². The van der Waals surface area contributed by atoms with Gasteiger partial charge in [0.15, 0.2) is 0 Å². The highest BCUT2D eigenvalue weighted by Gasteiger charge is 2.36. The smallest absolute Gasteiger partial charge is 0.0541 e. The van der Waals surface area contributed by atoms with Crippen molar-refractivity contribution in [2.75, 3.05) is 4.90 Å². The summed E-state index contributed by atoms with van der Waals surface area (Å²) in [5, 5.41) is 5.06. The number of fused-ring (bicyclic) bond motifs is 7. The van der Waals surface area contributed by atoms with Crippen LogP contribution >= 0.6 is 0 Å². The minimum Gasteiger partial charge on any atom is -0.310 e. The predicted molar refractivity (Wildman–Crippen MR) is 191 cm³/mol. The Morgan fingerprint density at radius 1 is 0.444 bits per heavy atom. The first-order chi connectivity index (χ1) is 22.1. The maximum absolute atomic E-state index is 2.42. The van der Waals surface area contributed by atoms with E-state index >= 15 is 0 Å². The minimum atomic E-state index is -0.165. The van der Waals surface area contributed by atoms with Crippen molar-refractivity contribution >= 4 is 49.6 Å². The Bertz CT molecular complexity index is 2360. The molecule has 1 aliphatic rings. The third-order valence-corrected chi connectivity index (χ3v) is 9.75. The van der Waals surface area contributed by atoms with E-state index in [1.807, 2.05) is 0 Å². The van der Waals surface area contributed by atoms with Crippen LogP contribution in [0.2, 0.25) is 0 Å². The zero-order valence-corrected chi connectivity index (χ0v) is 25.4. The Morgan fingerprint density at radius 3 is 1.73 bits per heavy atom. The lowest BCUT2D eigenvalue weighted by molar-refractivity contribution is 0.660. The summed E-state index contributed by atoms with van der Waals surface area (Å²) in [6, 6.07) is 57.6. The number of para-hydroxylation sites is 3. The third-order valence-electron chi connectivity index (χ3n) is 9.75. The second-order valence-corrected chi connectivity index (χ2v) is 12.7. The van der Waals surface area contributed by atoms with Crippen LogP contribution in [0.25, 0.3) is 49.4 Å². The third kappa shape index (κ3) is 3.89. The molecule has 2 nitrogen and oxygen atoms in total. The van der Waals surface area contributed by atoms with Crippen molar-refractivity contribution in [1.82, 2.24) is 4.57 Å². The van der Waals surface area contributed by atoms with Gasteiger partial charge in [0.25, 0.3) is 0 Å². The molecule has 0 radical (unpaired) electrons. The summed E-state index contributed by atoms with van der Waals surface area (Å²) in [6.07, 6.45) is 0. The molecule has 9 rings (SSSR count). The topological polar surface area (TPSA) is 8.17 Å². The summed E-state index contributed by atoms with van der Waals surface area (Å²) in [5.74, 6) is 0. The molecule has 214 valence electrons. The maximum Gasteiger partial charge on any atom is 0.0541 e. The second kappa shape index (κ2) is 9.70. The minimum absolute atomic E-state index is 0.165. The van der Waals surface area contributed by atoms with Gasteiger partial charge in [-0.2, -0.15) is 0 Å². The fraction of sp³-hybridized carbons (Fsp3) is 0.0698. The molecule has 1 aromatic heterocycles. The summed E-state index contributed by atoms with van der Waals surface area (Å²) in [6.45, 7) is 4.75. The summed E-state index contributed by atoms with van der Waals surface area (Å²) in [7, 11) is 0. The average Bonchev–Trinajstić information content (AvgIpc) is 3.54. The van der Waals surface area contributed by atoms with Crippen LogP contribution in [0.4, 0.5) is 17.1 Å². The number of hydrogen-bond acceptors (Lipinski definition) is 1. The molecule has 0 amide bonds. The Kier molecular flexibility index (Phi) is 5.58. The first kappa shape index (κ1) is 25.9. The van der Waals surface area contributed by atoms with Gasteiger partial charge >= 0.3 is 0 Å². The summed E-state index contributed by atoms with van der Waals surface area (Å²) in [4.78, 5) is 2.38. The molecular weight excluding hydrogens is 544 g/mol. The van der Waals surface area contributed by atoms with E-state index in [9.17, 15) is 0 Å². The molecule has 0 bridgehead atoms. The van der Waals surface area contributed by atoms with Crippen molar-refractivity contribution < 1.29 is 0 Å². The van der Waals surface area contributed by atoms with Crippen molar-refractivity contribution in [3.63, 3.8) is 0 Å². The van der Waals surface area contributed by atoms with Crippen molar-refractivity contribution in [2.45, 2.75) is 19.3 Å². The first-order valence-corrected chi connectivity index (χ1v) is 15.7. The van der Waals surface area contributed by atoms with E-state index in [1.54, 1.807) is 0 Å². The van der Waals surface area contributed by atoms with Crippen LogP contribution in [0.3, 0.4) is 0 Å². The molecule has 45 heavy (non-hydrogen) atoms. The van der Waals surface area contributed by atoms with E-state index in [1.165, 1.54) is 66.2 Å². The van der Waals surface area contributed by atoms with Gasteiger partial charge in [-0.3, -0.25) is 0 Å². The SMILES string of the molecule is CC1(C)c2cc(N(c3ccccc3)c3ccc4ccccc4c3)ccc2-c2ccc(-n3c4ccccc4c4ccccc43)cc21.